The highest BCUT2D eigenvalue weighted by Gasteiger charge is 1.97. The fourth-order valence-electron chi connectivity index (χ4n) is 1.96. The summed E-state index contributed by atoms with van der Waals surface area (Å²) in [5.41, 5.74) is 0. The molecule has 0 aromatic heterocycles. The molecule has 0 radical (unpaired) electrons. The van der Waals surface area contributed by atoms with Crippen LogP contribution >= 0.6 is 11.6 Å². The summed E-state index contributed by atoms with van der Waals surface area (Å²) in [5, 5.41) is 8.44. The van der Waals surface area contributed by atoms with Gasteiger partial charge in [-0.15, -0.1) is 11.6 Å². The van der Waals surface area contributed by atoms with Crippen molar-refractivity contribution >= 4 is 17.6 Å². The van der Waals surface area contributed by atoms with Gasteiger partial charge in [-0.1, -0.05) is 0 Å². The summed E-state index contributed by atoms with van der Waals surface area (Å²) in [7, 11) is 0. The van der Waals surface area contributed by atoms with Crippen LogP contribution in [0.15, 0.2) is 0 Å². The molecule has 186 valence electrons. The lowest BCUT2D eigenvalue weighted by atomic mass is 10.5. The van der Waals surface area contributed by atoms with Crippen LogP contribution in [0, 0.1) is 0 Å². The number of aliphatic carboxylic acids is 1. The van der Waals surface area contributed by atoms with Gasteiger partial charge in [-0.3, -0.25) is 4.79 Å². The van der Waals surface area contributed by atoms with Crippen LogP contribution in [0.25, 0.3) is 0 Å². The minimum atomic E-state index is -0.870. The second-order valence-corrected chi connectivity index (χ2v) is 6.46. The fraction of sp³-hybridized carbons (Fsp3) is 0.950. The summed E-state index contributed by atoms with van der Waals surface area (Å²) in [5.74, 6) is -0.253. The highest BCUT2D eigenvalue weighted by atomic mass is 35.5. The first kappa shape index (κ1) is 30.4. The molecule has 0 saturated carbocycles. The molecule has 1 N–H and O–H groups in total. The fourth-order valence-corrected chi connectivity index (χ4v) is 2.07. The number of carbonyl (C=O) groups is 1. The normalized spacial score (nSPS) is 11.3. The van der Waals surface area contributed by atoms with Crippen LogP contribution in [0.4, 0.5) is 0 Å². The lowest BCUT2D eigenvalue weighted by Crippen LogP contribution is -2.15. The van der Waals surface area contributed by atoms with E-state index in [2.05, 4.69) is 0 Å². The molecule has 0 spiro atoms. The minimum absolute atomic E-state index is 0.00446. The van der Waals surface area contributed by atoms with Crippen LogP contribution in [0.3, 0.4) is 0 Å². The molecule has 0 unspecified atom stereocenters. The van der Waals surface area contributed by atoms with Crippen molar-refractivity contribution in [3.63, 3.8) is 0 Å². The maximum atomic E-state index is 10.3. The second-order valence-electron chi connectivity index (χ2n) is 6.09. The average Bonchev–Trinajstić information content (AvgIpc) is 2.76. The third kappa shape index (κ3) is 29.4. The van der Waals surface area contributed by atoms with Gasteiger partial charge in [0.15, 0.2) is 0 Å². The Bertz CT molecular complexity index is 363. The molecule has 0 aromatic carbocycles. The Kier molecular flexibility index (Phi) is 27.0. The van der Waals surface area contributed by atoms with Gasteiger partial charge < -0.3 is 43.0 Å². The molecule has 0 heterocycles. The predicted molar refractivity (Wildman–Crippen MR) is 114 cm³/mol. The summed E-state index contributed by atoms with van der Waals surface area (Å²) in [4.78, 5) is 10.3. The Labute approximate surface area is 190 Å². The summed E-state index contributed by atoms with van der Waals surface area (Å²) in [6, 6.07) is 0. The number of hydrogen-bond donors (Lipinski definition) is 1. The molecule has 10 nitrogen and oxygen atoms in total. The van der Waals surface area contributed by atoms with Crippen molar-refractivity contribution in [3.05, 3.63) is 0 Å². The van der Waals surface area contributed by atoms with Crippen molar-refractivity contribution < 1.29 is 47.8 Å². The topological polar surface area (TPSA) is 111 Å². The molecule has 0 atom stereocenters. The van der Waals surface area contributed by atoms with Crippen LogP contribution < -0.4 is 0 Å². The number of ether oxygens (including phenoxy) is 8. The lowest BCUT2D eigenvalue weighted by Gasteiger charge is -2.08. The molecule has 0 bridgehead atoms. The quantitative estimate of drug-likeness (QED) is 0.138. The Hall–Kier alpha value is -0.560. The lowest BCUT2D eigenvalue weighted by molar-refractivity contribution is -0.138. The van der Waals surface area contributed by atoms with Gasteiger partial charge in [0.1, 0.15) is 0 Å². The van der Waals surface area contributed by atoms with Crippen molar-refractivity contribution in [1.29, 1.82) is 0 Å². The smallest absolute Gasteiger partial charge is 0.305 e. The number of carboxylic acids is 1. The molecule has 0 amide bonds. The molecule has 0 aliphatic rings. The van der Waals surface area contributed by atoms with Crippen molar-refractivity contribution in [2.45, 2.75) is 12.8 Å². The predicted octanol–water partition coefficient (Wildman–Crippen LogP) is 1.22. The Morgan fingerprint density at radius 1 is 0.484 bits per heavy atom. The maximum Gasteiger partial charge on any atom is 0.305 e. The summed E-state index contributed by atoms with van der Waals surface area (Å²) in [6.45, 7) is 7.79. The van der Waals surface area contributed by atoms with Gasteiger partial charge in [0.25, 0.3) is 0 Å². The van der Waals surface area contributed by atoms with E-state index in [1.54, 1.807) is 0 Å². The second kappa shape index (κ2) is 27.5. The van der Waals surface area contributed by atoms with Crippen molar-refractivity contribution in [2.75, 3.05) is 112 Å². The van der Waals surface area contributed by atoms with Crippen LogP contribution in [0.2, 0.25) is 0 Å². The first-order valence-corrected chi connectivity index (χ1v) is 11.2. The van der Waals surface area contributed by atoms with E-state index in [4.69, 9.17) is 54.6 Å². The molecule has 0 aliphatic heterocycles. The van der Waals surface area contributed by atoms with Crippen LogP contribution in [-0.2, 0) is 42.7 Å². The van der Waals surface area contributed by atoms with Gasteiger partial charge in [-0.05, 0) is 6.42 Å². The van der Waals surface area contributed by atoms with Crippen LogP contribution in [0.1, 0.15) is 12.8 Å². The number of halogens is 1. The minimum Gasteiger partial charge on any atom is -0.481 e. The van der Waals surface area contributed by atoms with Crippen molar-refractivity contribution in [2.24, 2.45) is 0 Å². The van der Waals surface area contributed by atoms with Gasteiger partial charge in [0.05, 0.1) is 106 Å². The maximum absolute atomic E-state index is 10.3. The molecule has 0 aromatic rings. The summed E-state index contributed by atoms with van der Waals surface area (Å²) >= 11 is 5.54. The molecule has 0 saturated heterocycles. The highest BCUT2D eigenvalue weighted by molar-refractivity contribution is 6.17. The Morgan fingerprint density at radius 3 is 1.00 bits per heavy atom. The van der Waals surface area contributed by atoms with E-state index in [1.807, 2.05) is 0 Å². The van der Waals surface area contributed by atoms with Crippen molar-refractivity contribution in [1.82, 2.24) is 0 Å². The Balaban J connectivity index is 3.00. The van der Waals surface area contributed by atoms with Gasteiger partial charge >= 0.3 is 5.97 Å². The van der Waals surface area contributed by atoms with Gasteiger partial charge in [0, 0.05) is 12.5 Å². The van der Waals surface area contributed by atoms with E-state index >= 15 is 0 Å². The van der Waals surface area contributed by atoms with Gasteiger partial charge in [0.2, 0.25) is 0 Å². The molecule has 0 aliphatic carbocycles. The molecule has 0 fully saturated rings. The number of rotatable bonds is 27. The molecular formula is C20H39ClO10. The molecular weight excluding hydrogens is 436 g/mol. The Morgan fingerprint density at radius 2 is 0.742 bits per heavy atom. The first-order valence-electron chi connectivity index (χ1n) is 10.7. The standard InChI is InChI=1S/C20H39ClO10/c21-3-1-4-24-6-8-26-10-12-28-14-16-30-18-19-31-17-15-29-13-11-27-9-7-25-5-2-20(22)23/h1-19H2,(H,22,23). The number of alkyl halides is 1. The molecule has 0 rings (SSSR count). The van der Waals surface area contributed by atoms with Gasteiger partial charge in [-0.2, -0.15) is 0 Å². The van der Waals surface area contributed by atoms with E-state index in [0.717, 1.165) is 6.42 Å². The zero-order chi connectivity index (χ0) is 22.7. The van der Waals surface area contributed by atoms with E-state index in [-0.39, 0.29) is 13.0 Å². The van der Waals surface area contributed by atoms with E-state index < -0.39 is 5.97 Å². The SMILES string of the molecule is O=C(O)CCOCCOCCOCCOCCOCCOCCOCCOCCCCl. The van der Waals surface area contributed by atoms with E-state index in [0.29, 0.717) is 105 Å². The zero-order valence-electron chi connectivity index (χ0n) is 18.4. The average molecular weight is 475 g/mol. The van der Waals surface area contributed by atoms with Gasteiger partial charge in [-0.25, -0.2) is 0 Å². The zero-order valence-corrected chi connectivity index (χ0v) is 19.2. The highest BCUT2D eigenvalue weighted by Crippen LogP contribution is 1.88. The third-order valence-electron chi connectivity index (χ3n) is 3.49. The van der Waals surface area contributed by atoms with Crippen LogP contribution in [0.5, 0.6) is 0 Å². The van der Waals surface area contributed by atoms with E-state index in [9.17, 15) is 4.79 Å². The monoisotopic (exact) mass is 474 g/mol. The van der Waals surface area contributed by atoms with E-state index in [1.165, 1.54) is 0 Å². The van der Waals surface area contributed by atoms with Crippen LogP contribution in [-0.4, -0.2) is 123 Å². The first-order chi connectivity index (χ1) is 15.3. The summed E-state index contributed by atoms with van der Waals surface area (Å²) in [6.07, 6.45) is 0.862. The largest absolute Gasteiger partial charge is 0.481 e. The third-order valence-corrected chi connectivity index (χ3v) is 3.75. The number of hydrogen-bond acceptors (Lipinski definition) is 9. The summed E-state index contributed by atoms with van der Waals surface area (Å²) < 4.78 is 42.6. The van der Waals surface area contributed by atoms with Crippen molar-refractivity contribution in [3.8, 4) is 0 Å². The molecule has 11 heteroatoms. The number of carboxylic acid groups (broad SMARTS) is 1. The molecule has 31 heavy (non-hydrogen) atoms.